The zero-order valence-corrected chi connectivity index (χ0v) is 16.6. The number of benzene rings is 2. The zero-order chi connectivity index (χ0) is 20.2. The summed E-state index contributed by atoms with van der Waals surface area (Å²) in [6.07, 6.45) is 3.11. The van der Waals surface area contributed by atoms with E-state index < -0.39 is 0 Å². The summed E-state index contributed by atoms with van der Waals surface area (Å²) in [5.41, 5.74) is 5.61. The van der Waals surface area contributed by atoms with Crippen LogP contribution in [-0.4, -0.2) is 35.5 Å². The van der Waals surface area contributed by atoms with Gasteiger partial charge in [0.15, 0.2) is 17.3 Å². The van der Waals surface area contributed by atoms with Crippen molar-refractivity contribution in [1.29, 1.82) is 0 Å². The largest absolute Gasteiger partial charge is 0.504 e. The van der Waals surface area contributed by atoms with Gasteiger partial charge in [0.1, 0.15) is 12.1 Å². The van der Waals surface area contributed by atoms with Gasteiger partial charge in [-0.1, -0.05) is 0 Å². The summed E-state index contributed by atoms with van der Waals surface area (Å²) >= 11 is 1.59. The average Bonchev–Trinajstić information content (AvgIpc) is 3.19. The molecule has 0 bridgehead atoms. The Morgan fingerprint density at radius 1 is 1.03 bits per heavy atom. The molecule has 0 aliphatic carbocycles. The number of hydrogen-bond acceptors (Lipinski definition) is 8. The molecule has 0 aliphatic heterocycles. The Kier molecular flexibility index (Phi) is 5.26. The molecule has 0 atom stereocenters. The molecule has 8 heteroatoms. The number of aromatic hydroxyl groups is 1. The number of thiophene rings is 1. The normalized spacial score (nSPS) is 11.1. The van der Waals surface area contributed by atoms with Crippen molar-refractivity contribution in [3.05, 3.63) is 60.4 Å². The molecule has 0 amide bonds. The van der Waals surface area contributed by atoms with E-state index in [1.54, 1.807) is 42.9 Å². The molecule has 0 spiro atoms. The number of nitrogens with one attached hydrogen (secondary N) is 1. The predicted octanol–water partition coefficient (Wildman–Crippen LogP) is 4.53. The SMILES string of the molecule is COc1ccc(-c2cc3ncnc(N/N=C/c4ccc(OC)c(O)c4)c3s2)cc1. The van der Waals surface area contributed by atoms with Gasteiger partial charge in [-0.15, -0.1) is 11.3 Å². The molecule has 0 saturated heterocycles. The number of aromatic nitrogens is 2. The van der Waals surface area contributed by atoms with E-state index in [0.29, 0.717) is 11.6 Å². The number of phenols is 1. The summed E-state index contributed by atoms with van der Waals surface area (Å²) in [6.45, 7) is 0. The highest BCUT2D eigenvalue weighted by Crippen LogP contribution is 2.36. The van der Waals surface area contributed by atoms with Crippen LogP contribution in [0.5, 0.6) is 17.2 Å². The summed E-state index contributed by atoms with van der Waals surface area (Å²) < 4.78 is 11.2. The number of rotatable bonds is 6. The van der Waals surface area contributed by atoms with Gasteiger partial charge in [0.2, 0.25) is 0 Å². The van der Waals surface area contributed by atoms with Crippen molar-refractivity contribution in [3.63, 3.8) is 0 Å². The van der Waals surface area contributed by atoms with Crippen LogP contribution in [0.25, 0.3) is 20.7 Å². The first-order valence-electron chi connectivity index (χ1n) is 8.73. The van der Waals surface area contributed by atoms with E-state index in [4.69, 9.17) is 9.47 Å². The molecule has 2 aromatic heterocycles. The summed E-state index contributed by atoms with van der Waals surface area (Å²) in [5, 5.41) is 14.1. The number of nitrogens with zero attached hydrogens (tertiary/aromatic N) is 3. The lowest BCUT2D eigenvalue weighted by Gasteiger charge is -2.03. The van der Waals surface area contributed by atoms with Gasteiger partial charge in [0.05, 0.1) is 30.7 Å². The van der Waals surface area contributed by atoms with Crippen LogP contribution < -0.4 is 14.9 Å². The quantitative estimate of drug-likeness (QED) is 0.361. The van der Waals surface area contributed by atoms with Gasteiger partial charge in [0, 0.05) is 4.88 Å². The van der Waals surface area contributed by atoms with E-state index in [9.17, 15) is 5.11 Å². The lowest BCUT2D eigenvalue weighted by atomic mass is 10.2. The van der Waals surface area contributed by atoms with Gasteiger partial charge in [-0.25, -0.2) is 9.97 Å². The molecule has 0 unspecified atom stereocenters. The standard InChI is InChI=1S/C21H18N4O3S/c1-27-15-6-4-14(5-7-15)19-10-16-20(29-19)21(23-12-22-16)25-24-11-13-3-8-18(28-2)17(26)9-13/h3-12,26H,1-2H3,(H,22,23,25)/b24-11+. The van der Waals surface area contributed by atoms with Crippen LogP contribution in [0.3, 0.4) is 0 Å². The molecule has 29 heavy (non-hydrogen) atoms. The van der Waals surface area contributed by atoms with E-state index in [1.807, 2.05) is 30.3 Å². The molecular weight excluding hydrogens is 388 g/mol. The molecule has 2 aromatic carbocycles. The van der Waals surface area contributed by atoms with Gasteiger partial charge in [-0.05, 0) is 59.7 Å². The van der Waals surface area contributed by atoms with Crippen molar-refractivity contribution in [2.75, 3.05) is 19.6 Å². The molecule has 146 valence electrons. The average molecular weight is 406 g/mol. The van der Waals surface area contributed by atoms with Gasteiger partial charge in [0.25, 0.3) is 0 Å². The molecule has 0 fully saturated rings. The molecule has 2 heterocycles. The van der Waals surface area contributed by atoms with Crippen LogP contribution in [0.4, 0.5) is 5.82 Å². The first-order chi connectivity index (χ1) is 14.2. The Bertz CT molecular complexity index is 1170. The first kappa shape index (κ1) is 18.7. The number of hydrazone groups is 1. The molecule has 2 N–H and O–H groups in total. The Morgan fingerprint density at radius 3 is 2.59 bits per heavy atom. The number of phenolic OH excluding ortho intramolecular Hbond substituents is 1. The smallest absolute Gasteiger partial charge is 0.167 e. The van der Waals surface area contributed by atoms with Crippen molar-refractivity contribution < 1.29 is 14.6 Å². The second kappa shape index (κ2) is 8.15. The Balaban J connectivity index is 1.57. The van der Waals surface area contributed by atoms with E-state index >= 15 is 0 Å². The highest BCUT2D eigenvalue weighted by Gasteiger charge is 2.10. The van der Waals surface area contributed by atoms with Crippen LogP contribution in [-0.2, 0) is 0 Å². The minimum absolute atomic E-state index is 0.0586. The maximum absolute atomic E-state index is 9.86. The predicted molar refractivity (Wildman–Crippen MR) is 115 cm³/mol. The highest BCUT2D eigenvalue weighted by molar-refractivity contribution is 7.22. The summed E-state index contributed by atoms with van der Waals surface area (Å²) in [4.78, 5) is 9.74. The van der Waals surface area contributed by atoms with Gasteiger partial charge < -0.3 is 14.6 Å². The van der Waals surface area contributed by atoms with Crippen molar-refractivity contribution in [2.24, 2.45) is 5.10 Å². The molecule has 4 aromatic rings. The molecule has 0 radical (unpaired) electrons. The second-order valence-corrected chi connectivity index (χ2v) is 7.13. The van der Waals surface area contributed by atoms with Crippen molar-refractivity contribution in [3.8, 4) is 27.7 Å². The van der Waals surface area contributed by atoms with Crippen molar-refractivity contribution in [2.45, 2.75) is 0 Å². The van der Waals surface area contributed by atoms with E-state index in [-0.39, 0.29) is 5.75 Å². The first-order valence-corrected chi connectivity index (χ1v) is 9.54. The zero-order valence-electron chi connectivity index (χ0n) is 15.8. The third-order valence-corrected chi connectivity index (χ3v) is 5.45. The number of methoxy groups -OCH3 is 2. The molecule has 4 rings (SSSR count). The third-order valence-electron chi connectivity index (χ3n) is 4.27. The molecular formula is C21H18N4O3S. The lowest BCUT2D eigenvalue weighted by molar-refractivity contribution is 0.373. The molecule has 0 saturated carbocycles. The minimum Gasteiger partial charge on any atom is -0.504 e. The third kappa shape index (κ3) is 3.97. The van der Waals surface area contributed by atoms with E-state index in [1.165, 1.54) is 13.4 Å². The van der Waals surface area contributed by atoms with Crippen LogP contribution in [0.2, 0.25) is 0 Å². The van der Waals surface area contributed by atoms with Crippen LogP contribution in [0.1, 0.15) is 5.56 Å². The molecule has 0 aliphatic rings. The number of hydrogen-bond donors (Lipinski definition) is 2. The van der Waals surface area contributed by atoms with Gasteiger partial charge >= 0.3 is 0 Å². The topological polar surface area (TPSA) is 88.9 Å². The fraction of sp³-hybridized carbons (Fsp3) is 0.0952. The minimum atomic E-state index is 0.0586. The fourth-order valence-electron chi connectivity index (χ4n) is 2.79. The maximum atomic E-state index is 9.86. The maximum Gasteiger partial charge on any atom is 0.167 e. The van der Waals surface area contributed by atoms with E-state index in [2.05, 4.69) is 20.5 Å². The van der Waals surface area contributed by atoms with Crippen molar-refractivity contribution in [1.82, 2.24) is 9.97 Å². The summed E-state index contributed by atoms with van der Waals surface area (Å²) in [5.74, 6) is 1.91. The number of ether oxygens (including phenoxy) is 2. The van der Waals surface area contributed by atoms with Gasteiger partial charge in [-0.3, -0.25) is 5.43 Å². The number of fused-ring (bicyclic) bond motifs is 1. The molecule has 7 nitrogen and oxygen atoms in total. The lowest BCUT2D eigenvalue weighted by Crippen LogP contribution is -1.94. The summed E-state index contributed by atoms with van der Waals surface area (Å²) in [6, 6.07) is 15.0. The Morgan fingerprint density at radius 2 is 1.86 bits per heavy atom. The Labute approximate surface area is 171 Å². The van der Waals surface area contributed by atoms with Gasteiger partial charge in [-0.2, -0.15) is 5.10 Å². The van der Waals surface area contributed by atoms with Crippen LogP contribution >= 0.6 is 11.3 Å². The van der Waals surface area contributed by atoms with Crippen LogP contribution in [0.15, 0.2) is 60.0 Å². The van der Waals surface area contributed by atoms with E-state index in [0.717, 1.165) is 32.0 Å². The second-order valence-electron chi connectivity index (χ2n) is 6.08. The highest BCUT2D eigenvalue weighted by atomic mass is 32.1. The van der Waals surface area contributed by atoms with Crippen molar-refractivity contribution >= 4 is 33.6 Å². The Hall–Kier alpha value is -3.65. The number of anilines is 1. The summed E-state index contributed by atoms with van der Waals surface area (Å²) in [7, 11) is 3.15. The fourth-order valence-corrected chi connectivity index (χ4v) is 3.84. The van der Waals surface area contributed by atoms with Crippen LogP contribution in [0, 0.1) is 0 Å². The monoisotopic (exact) mass is 406 g/mol.